The van der Waals surface area contributed by atoms with Gasteiger partial charge in [0.2, 0.25) is 0 Å². The van der Waals surface area contributed by atoms with Gasteiger partial charge in [0.15, 0.2) is 0 Å². The third-order valence-corrected chi connectivity index (χ3v) is 3.22. The van der Waals surface area contributed by atoms with Crippen molar-refractivity contribution in [3.8, 4) is 0 Å². The molecule has 0 heterocycles. The van der Waals surface area contributed by atoms with Crippen LogP contribution in [0.4, 0.5) is 10.5 Å². The predicted molar refractivity (Wildman–Crippen MR) is 80.1 cm³/mol. The number of amides is 1. The second-order valence-electron chi connectivity index (χ2n) is 5.25. The van der Waals surface area contributed by atoms with Crippen LogP contribution in [0.3, 0.4) is 0 Å². The van der Waals surface area contributed by atoms with Crippen molar-refractivity contribution in [3.63, 3.8) is 0 Å². The fraction of sp³-hybridized carbons (Fsp3) is 0.429. The number of ether oxygens (including phenoxy) is 2. The summed E-state index contributed by atoms with van der Waals surface area (Å²) < 4.78 is 10.6. The molecule has 0 spiro atoms. The van der Waals surface area contributed by atoms with Gasteiger partial charge in [0.05, 0.1) is 12.7 Å². The predicted octanol–water partition coefficient (Wildman–Crippen LogP) is 3.89. The maximum absolute atomic E-state index is 11.8. The van der Waals surface area contributed by atoms with E-state index >= 15 is 0 Å². The number of methoxy groups -OCH3 is 1. The fourth-order valence-corrected chi connectivity index (χ4v) is 1.92. The second-order valence-corrected chi connectivity index (χ2v) is 6.10. The molecular formula is C14H18BrNO4. The molecule has 1 amide bonds. The van der Waals surface area contributed by atoms with Crippen molar-refractivity contribution < 1.29 is 19.1 Å². The van der Waals surface area contributed by atoms with Gasteiger partial charge in [-0.3, -0.25) is 5.32 Å². The Hall–Kier alpha value is -1.56. The lowest BCUT2D eigenvalue weighted by Gasteiger charge is -2.20. The van der Waals surface area contributed by atoms with E-state index in [9.17, 15) is 9.59 Å². The highest BCUT2D eigenvalue weighted by molar-refractivity contribution is 9.10. The summed E-state index contributed by atoms with van der Waals surface area (Å²) >= 11 is 3.35. The van der Waals surface area contributed by atoms with Crippen molar-refractivity contribution >= 4 is 33.7 Å². The number of esters is 1. The van der Waals surface area contributed by atoms with Crippen LogP contribution in [0.2, 0.25) is 0 Å². The Morgan fingerprint density at radius 3 is 2.35 bits per heavy atom. The van der Waals surface area contributed by atoms with Crippen molar-refractivity contribution in [2.75, 3.05) is 12.4 Å². The van der Waals surface area contributed by atoms with Crippen molar-refractivity contribution in [1.82, 2.24) is 0 Å². The number of nitrogens with one attached hydrogen (secondary N) is 1. The van der Waals surface area contributed by atoms with Crippen LogP contribution in [0.15, 0.2) is 16.6 Å². The van der Waals surface area contributed by atoms with E-state index in [1.165, 1.54) is 7.11 Å². The fourth-order valence-electron chi connectivity index (χ4n) is 1.46. The van der Waals surface area contributed by atoms with Crippen LogP contribution in [0, 0.1) is 6.92 Å². The molecule has 1 N–H and O–H groups in total. The van der Waals surface area contributed by atoms with E-state index in [4.69, 9.17) is 4.74 Å². The van der Waals surface area contributed by atoms with Crippen molar-refractivity contribution in [2.45, 2.75) is 33.3 Å². The Bertz CT molecular complexity index is 535. The van der Waals surface area contributed by atoms with Gasteiger partial charge in [-0.25, -0.2) is 9.59 Å². The van der Waals surface area contributed by atoms with E-state index in [1.807, 2.05) is 6.92 Å². The summed E-state index contributed by atoms with van der Waals surface area (Å²) in [5, 5.41) is 2.63. The number of carbonyl (C=O) groups excluding carboxylic acids is 2. The number of rotatable bonds is 2. The zero-order chi connectivity index (χ0) is 15.5. The first kappa shape index (κ1) is 16.5. The highest BCUT2D eigenvalue weighted by Crippen LogP contribution is 2.27. The van der Waals surface area contributed by atoms with Gasteiger partial charge in [-0.1, -0.05) is 15.9 Å². The molecule has 5 nitrogen and oxygen atoms in total. The lowest BCUT2D eigenvalue weighted by molar-refractivity contribution is 0.0596. The standard InChI is InChI=1S/C14H18BrNO4/c1-8-10(15)6-9(12(17)19-5)7-11(8)16-13(18)20-14(2,3)4/h6-7H,1-5H3,(H,16,18). The molecule has 0 saturated heterocycles. The summed E-state index contributed by atoms with van der Waals surface area (Å²) in [5.74, 6) is -0.474. The molecular weight excluding hydrogens is 326 g/mol. The Kier molecular flexibility index (Phi) is 5.16. The Morgan fingerprint density at radius 1 is 1.25 bits per heavy atom. The molecule has 6 heteroatoms. The van der Waals surface area contributed by atoms with Crippen molar-refractivity contribution in [3.05, 3.63) is 27.7 Å². The summed E-state index contributed by atoms with van der Waals surface area (Å²) in [6, 6.07) is 3.19. The summed E-state index contributed by atoms with van der Waals surface area (Å²) in [7, 11) is 1.30. The normalized spacial score (nSPS) is 10.9. The molecule has 0 aliphatic rings. The molecule has 0 bridgehead atoms. The van der Waals surface area contributed by atoms with Crippen LogP contribution < -0.4 is 5.32 Å². The third kappa shape index (κ3) is 4.52. The Labute approximate surface area is 126 Å². The summed E-state index contributed by atoms with van der Waals surface area (Å²) in [5.41, 5.74) is 1.04. The maximum atomic E-state index is 11.8. The first-order chi connectivity index (χ1) is 9.14. The van der Waals surface area contributed by atoms with Crippen LogP contribution in [-0.4, -0.2) is 24.8 Å². The molecule has 0 saturated carbocycles. The number of hydrogen-bond acceptors (Lipinski definition) is 4. The lowest BCUT2D eigenvalue weighted by Crippen LogP contribution is -2.27. The van der Waals surface area contributed by atoms with Gasteiger partial charge in [0, 0.05) is 10.2 Å². The van der Waals surface area contributed by atoms with Gasteiger partial charge in [-0.05, 0) is 45.4 Å². The topological polar surface area (TPSA) is 64.6 Å². The molecule has 1 rings (SSSR count). The largest absolute Gasteiger partial charge is 0.465 e. The number of benzene rings is 1. The molecule has 20 heavy (non-hydrogen) atoms. The molecule has 0 aliphatic heterocycles. The molecule has 1 aromatic carbocycles. The van der Waals surface area contributed by atoms with Crippen molar-refractivity contribution in [2.24, 2.45) is 0 Å². The second kappa shape index (κ2) is 6.26. The minimum absolute atomic E-state index is 0.344. The van der Waals surface area contributed by atoms with Crippen molar-refractivity contribution in [1.29, 1.82) is 0 Å². The molecule has 0 atom stereocenters. The molecule has 1 aromatic rings. The van der Waals surface area contributed by atoms with E-state index in [0.29, 0.717) is 15.7 Å². The number of halogens is 1. The highest BCUT2D eigenvalue weighted by atomic mass is 79.9. The minimum atomic E-state index is -0.588. The van der Waals surface area contributed by atoms with Crippen LogP contribution in [0.5, 0.6) is 0 Å². The average molecular weight is 344 g/mol. The minimum Gasteiger partial charge on any atom is -0.465 e. The molecule has 0 aromatic heterocycles. The average Bonchev–Trinajstić information content (AvgIpc) is 2.31. The smallest absolute Gasteiger partial charge is 0.412 e. The van der Waals surface area contributed by atoms with Gasteiger partial charge in [0.25, 0.3) is 0 Å². The van der Waals surface area contributed by atoms with E-state index in [0.717, 1.165) is 5.56 Å². The number of anilines is 1. The SMILES string of the molecule is COC(=O)c1cc(Br)c(C)c(NC(=O)OC(C)(C)C)c1. The first-order valence-corrected chi connectivity index (χ1v) is 6.82. The monoisotopic (exact) mass is 343 g/mol. The number of carbonyl (C=O) groups is 2. The number of hydrogen-bond donors (Lipinski definition) is 1. The molecule has 0 radical (unpaired) electrons. The Balaban J connectivity index is 3.03. The van der Waals surface area contributed by atoms with E-state index in [1.54, 1.807) is 32.9 Å². The van der Waals surface area contributed by atoms with Gasteiger partial charge in [-0.15, -0.1) is 0 Å². The quantitative estimate of drug-likeness (QED) is 0.827. The Morgan fingerprint density at radius 2 is 1.85 bits per heavy atom. The summed E-state index contributed by atoms with van der Waals surface area (Å²) in [6.07, 6.45) is -0.575. The molecule has 110 valence electrons. The summed E-state index contributed by atoms with van der Waals surface area (Å²) in [4.78, 5) is 23.3. The third-order valence-electron chi connectivity index (χ3n) is 2.40. The van der Waals surface area contributed by atoms with Gasteiger partial charge in [0.1, 0.15) is 5.60 Å². The van der Waals surface area contributed by atoms with E-state index < -0.39 is 17.7 Å². The molecule has 0 aliphatic carbocycles. The van der Waals surface area contributed by atoms with Crippen LogP contribution >= 0.6 is 15.9 Å². The zero-order valence-corrected chi connectivity index (χ0v) is 13.8. The van der Waals surface area contributed by atoms with Crippen LogP contribution in [-0.2, 0) is 9.47 Å². The van der Waals surface area contributed by atoms with Gasteiger partial charge in [-0.2, -0.15) is 0 Å². The van der Waals surface area contributed by atoms with E-state index in [2.05, 4.69) is 26.0 Å². The first-order valence-electron chi connectivity index (χ1n) is 6.02. The lowest BCUT2D eigenvalue weighted by atomic mass is 10.1. The van der Waals surface area contributed by atoms with Gasteiger partial charge < -0.3 is 9.47 Å². The molecule has 0 fully saturated rings. The van der Waals surface area contributed by atoms with Crippen LogP contribution in [0.25, 0.3) is 0 Å². The highest BCUT2D eigenvalue weighted by Gasteiger charge is 2.18. The summed E-state index contributed by atoms with van der Waals surface area (Å²) in [6.45, 7) is 7.15. The van der Waals surface area contributed by atoms with Gasteiger partial charge >= 0.3 is 12.1 Å². The van der Waals surface area contributed by atoms with E-state index in [-0.39, 0.29) is 0 Å². The zero-order valence-electron chi connectivity index (χ0n) is 12.2. The van der Waals surface area contributed by atoms with Crippen LogP contribution in [0.1, 0.15) is 36.7 Å². The molecule has 0 unspecified atom stereocenters. The maximum Gasteiger partial charge on any atom is 0.412 e.